The fraction of sp³-hybridized carbons (Fsp3) is 0.455. The first-order chi connectivity index (χ1) is 6.75. The second-order valence-electron chi connectivity index (χ2n) is 3.73. The molecule has 0 bridgehead atoms. The molecule has 1 N–H and O–H groups in total. The molecule has 1 heterocycles. The van der Waals surface area contributed by atoms with E-state index < -0.39 is 0 Å². The van der Waals surface area contributed by atoms with Crippen LogP contribution < -0.4 is 5.32 Å². The molecular weight excluding hydrogens is 184 g/mol. The van der Waals surface area contributed by atoms with Gasteiger partial charge in [0.2, 0.25) is 0 Å². The van der Waals surface area contributed by atoms with E-state index in [4.69, 9.17) is 0 Å². The summed E-state index contributed by atoms with van der Waals surface area (Å²) >= 11 is 0. The largest absolute Gasteiger partial charge is 0.314 e. The number of hydrogen-bond donors (Lipinski definition) is 1. The topological polar surface area (TPSA) is 12.0 Å². The van der Waals surface area contributed by atoms with Gasteiger partial charge in [-0.2, -0.15) is 0 Å². The molecule has 0 saturated carbocycles. The van der Waals surface area contributed by atoms with Gasteiger partial charge < -0.3 is 5.32 Å². The van der Waals surface area contributed by atoms with Crippen LogP contribution in [-0.4, -0.2) is 12.6 Å². The van der Waals surface area contributed by atoms with Crippen LogP contribution in [-0.2, 0) is 6.42 Å². The molecule has 1 nitrogen and oxygen atoms in total. The van der Waals surface area contributed by atoms with Crippen LogP contribution in [0.3, 0.4) is 0 Å². The molecule has 0 spiro atoms. The van der Waals surface area contributed by atoms with Crippen LogP contribution in [0.5, 0.6) is 0 Å². The monoisotopic (exact) mass is 197 g/mol. The maximum atomic E-state index is 13.2. The minimum absolute atomic E-state index is 0.305. The average Bonchev–Trinajstić information content (AvgIpc) is 2.64. The quantitative estimate of drug-likeness (QED) is 0.766. The zero-order valence-corrected chi connectivity index (χ0v) is 7.89. The van der Waals surface area contributed by atoms with Crippen molar-refractivity contribution < 1.29 is 8.78 Å². The molecule has 0 aliphatic carbocycles. The Bertz CT molecular complexity index is 319. The smallest absolute Gasteiger partial charge is 0.126 e. The minimum atomic E-state index is -0.362. The van der Waals surface area contributed by atoms with Crippen molar-refractivity contribution in [3.63, 3.8) is 0 Å². The second-order valence-corrected chi connectivity index (χ2v) is 3.73. The first kappa shape index (κ1) is 9.59. The molecule has 3 heteroatoms. The SMILES string of the molecule is Fc1ccc(F)c(CC2CCCN2)c1. The molecule has 1 saturated heterocycles. The molecule has 76 valence electrons. The van der Waals surface area contributed by atoms with Crippen molar-refractivity contribution in [1.29, 1.82) is 0 Å². The molecule has 1 aliphatic rings. The zero-order chi connectivity index (χ0) is 9.97. The number of hydrogen-bond acceptors (Lipinski definition) is 1. The van der Waals surface area contributed by atoms with E-state index in [0.29, 0.717) is 18.0 Å². The van der Waals surface area contributed by atoms with Crippen molar-refractivity contribution in [3.8, 4) is 0 Å². The van der Waals surface area contributed by atoms with Gasteiger partial charge in [0.05, 0.1) is 0 Å². The highest BCUT2D eigenvalue weighted by atomic mass is 19.1. The van der Waals surface area contributed by atoms with Gasteiger partial charge in [0.15, 0.2) is 0 Å². The lowest BCUT2D eigenvalue weighted by Gasteiger charge is -2.10. The summed E-state index contributed by atoms with van der Waals surface area (Å²) in [5.74, 6) is -0.667. The highest BCUT2D eigenvalue weighted by Crippen LogP contribution is 2.16. The van der Waals surface area contributed by atoms with Crippen LogP contribution in [0.25, 0.3) is 0 Å². The lowest BCUT2D eigenvalue weighted by Crippen LogP contribution is -2.24. The Morgan fingerprint density at radius 2 is 2.21 bits per heavy atom. The lowest BCUT2D eigenvalue weighted by molar-refractivity contribution is 0.549. The lowest BCUT2D eigenvalue weighted by atomic mass is 10.0. The van der Waals surface area contributed by atoms with E-state index in [1.165, 1.54) is 12.1 Å². The van der Waals surface area contributed by atoms with Gasteiger partial charge in [-0.05, 0) is 49.6 Å². The number of benzene rings is 1. The van der Waals surface area contributed by atoms with E-state index >= 15 is 0 Å². The van der Waals surface area contributed by atoms with Gasteiger partial charge in [-0.25, -0.2) is 8.78 Å². The third kappa shape index (κ3) is 2.10. The molecule has 1 atom stereocenters. The first-order valence-electron chi connectivity index (χ1n) is 4.93. The van der Waals surface area contributed by atoms with Crippen molar-refractivity contribution in [2.45, 2.75) is 25.3 Å². The summed E-state index contributed by atoms with van der Waals surface area (Å²) in [7, 11) is 0. The molecule has 1 fully saturated rings. The third-order valence-electron chi connectivity index (χ3n) is 2.64. The summed E-state index contributed by atoms with van der Waals surface area (Å²) in [5.41, 5.74) is 0.476. The van der Waals surface area contributed by atoms with Crippen LogP contribution in [0, 0.1) is 11.6 Å². The number of rotatable bonds is 2. The Hall–Kier alpha value is -0.960. The summed E-state index contributed by atoms with van der Waals surface area (Å²) in [6, 6.07) is 3.95. The Kier molecular flexibility index (Phi) is 2.77. The van der Waals surface area contributed by atoms with Crippen molar-refractivity contribution in [3.05, 3.63) is 35.4 Å². The predicted molar refractivity (Wildman–Crippen MR) is 51.1 cm³/mol. The Morgan fingerprint density at radius 1 is 1.36 bits per heavy atom. The first-order valence-corrected chi connectivity index (χ1v) is 4.93. The van der Waals surface area contributed by atoms with Gasteiger partial charge in [-0.15, -0.1) is 0 Å². The molecule has 2 rings (SSSR count). The van der Waals surface area contributed by atoms with Crippen LogP contribution in [0.4, 0.5) is 8.78 Å². The summed E-state index contributed by atoms with van der Waals surface area (Å²) in [6.07, 6.45) is 2.77. The van der Waals surface area contributed by atoms with Gasteiger partial charge in [0.1, 0.15) is 11.6 Å². The number of nitrogens with one attached hydrogen (secondary N) is 1. The molecule has 1 aromatic rings. The maximum Gasteiger partial charge on any atom is 0.126 e. The van der Waals surface area contributed by atoms with Crippen LogP contribution in [0.1, 0.15) is 18.4 Å². The van der Waals surface area contributed by atoms with Gasteiger partial charge in [0.25, 0.3) is 0 Å². The maximum absolute atomic E-state index is 13.2. The summed E-state index contributed by atoms with van der Waals surface area (Å²) < 4.78 is 26.1. The van der Waals surface area contributed by atoms with Crippen molar-refractivity contribution >= 4 is 0 Å². The molecule has 0 aromatic heterocycles. The standard InChI is InChI=1S/C11H13F2N/c12-9-3-4-11(13)8(6-9)7-10-2-1-5-14-10/h3-4,6,10,14H,1-2,5,7H2. The average molecular weight is 197 g/mol. The molecule has 0 amide bonds. The van der Waals surface area contributed by atoms with Gasteiger partial charge >= 0.3 is 0 Å². The summed E-state index contributed by atoms with van der Waals surface area (Å²) in [4.78, 5) is 0. The predicted octanol–water partition coefficient (Wildman–Crippen LogP) is 2.26. The fourth-order valence-electron chi connectivity index (χ4n) is 1.90. The Morgan fingerprint density at radius 3 is 2.93 bits per heavy atom. The van der Waals surface area contributed by atoms with E-state index in [0.717, 1.165) is 25.5 Å². The minimum Gasteiger partial charge on any atom is -0.314 e. The Balaban J connectivity index is 2.10. The third-order valence-corrected chi connectivity index (χ3v) is 2.64. The Labute approximate surface area is 82.1 Å². The molecule has 1 unspecified atom stereocenters. The normalized spacial score (nSPS) is 21.4. The van der Waals surface area contributed by atoms with Crippen LogP contribution in [0.2, 0.25) is 0 Å². The zero-order valence-electron chi connectivity index (χ0n) is 7.89. The van der Waals surface area contributed by atoms with E-state index in [9.17, 15) is 8.78 Å². The molecule has 0 radical (unpaired) electrons. The van der Waals surface area contributed by atoms with Crippen LogP contribution >= 0.6 is 0 Å². The van der Waals surface area contributed by atoms with Crippen molar-refractivity contribution in [2.24, 2.45) is 0 Å². The van der Waals surface area contributed by atoms with Gasteiger partial charge in [-0.3, -0.25) is 0 Å². The highest BCUT2D eigenvalue weighted by Gasteiger charge is 2.16. The fourth-order valence-corrected chi connectivity index (χ4v) is 1.90. The molecule has 14 heavy (non-hydrogen) atoms. The molecular formula is C11H13F2N. The number of halogens is 2. The van der Waals surface area contributed by atoms with E-state index in [1.807, 2.05) is 0 Å². The highest BCUT2D eigenvalue weighted by molar-refractivity contribution is 5.20. The van der Waals surface area contributed by atoms with Crippen molar-refractivity contribution in [1.82, 2.24) is 5.32 Å². The molecule has 1 aliphatic heterocycles. The molecule has 1 aromatic carbocycles. The summed E-state index contributed by atoms with van der Waals surface area (Å²) in [6.45, 7) is 0.988. The van der Waals surface area contributed by atoms with Crippen LogP contribution in [0.15, 0.2) is 18.2 Å². The van der Waals surface area contributed by atoms with Gasteiger partial charge in [0, 0.05) is 6.04 Å². The van der Waals surface area contributed by atoms with E-state index in [-0.39, 0.29) is 11.6 Å². The van der Waals surface area contributed by atoms with Crippen molar-refractivity contribution in [2.75, 3.05) is 6.54 Å². The van der Waals surface area contributed by atoms with E-state index in [2.05, 4.69) is 5.32 Å². The van der Waals surface area contributed by atoms with E-state index in [1.54, 1.807) is 0 Å². The second kappa shape index (κ2) is 4.05. The van der Waals surface area contributed by atoms with Gasteiger partial charge in [-0.1, -0.05) is 0 Å². The summed E-state index contributed by atoms with van der Waals surface area (Å²) in [5, 5.41) is 3.26.